The molecule has 1 aromatic rings. The molecule has 0 saturated carbocycles. The number of nitrogens with zero attached hydrogens (tertiary/aromatic N) is 1. The summed E-state index contributed by atoms with van der Waals surface area (Å²) in [5.74, 6) is -0.0761. The molecule has 0 heterocycles. The minimum Gasteiger partial charge on any atom is -0.335 e. The van der Waals surface area contributed by atoms with Gasteiger partial charge in [-0.05, 0) is 19.4 Å². The minimum absolute atomic E-state index is 0.0761. The molecule has 0 aliphatic rings. The Bertz CT molecular complexity index is 375. The van der Waals surface area contributed by atoms with Gasteiger partial charge in [-0.15, -0.1) is 18.2 Å². The van der Waals surface area contributed by atoms with Gasteiger partial charge in [0.25, 0.3) is 0 Å². The summed E-state index contributed by atoms with van der Waals surface area (Å²) < 4.78 is 0. The Kier molecular flexibility index (Phi) is 5.23. The third-order valence-electron chi connectivity index (χ3n) is 2.54. The normalized spacial score (nSPS) is 12.2. The molecule has 3 heteroatoms. The first kappa shape index (κ1) is 13.8. The van der Waals surface area contributed by atoms with Crippen molar-refractivity contribution in [2.45, 2.75) is 25.3 Å². The van der Waals surface area contributed by atoms with E-state index in [2.05, 4.69) is 6.58 Å². The molecular formula is C14H18ClNO. The van der Waals surface area contributed by atoms with Crippen molar-refractivity contribution in [3.8, 4) is 0 Å². The molecule has 1 rings (SSSR count). The van der Waals surface area contributed by atoms with Gasteiger partial charge in [-0.2, -0.15) is 0 Å². The van der Waals surface area contributed by atoms with Crippen LogP contribution in [0.1, 0.15) is 24.8 Å². The lowest BCUT2D eigenvalue weighted by atomic mass is 10.1. The molecule has 0 spiro atoms. The summed E-state index contributed by atoms with van der Waals surface area (Å²) in [6, 6.07) is 9.51. The van der Waals surface area contributed by atoms with Crippen molar-refractivity contribution in [2.24, 2.45) is 0 Å². The molecule has 1 aromatic carbocycles. The summed E-state index contributed by atoms with van der Waals surface area (Å²) >= 11 is 6.21. The summed E-state index contributed by atoms with van der Waals surface area (Å²) in [7, 11) is 0. The maximum absolute atomic E-state index is 12.2. The van der Waals surface area contributed by atoms with Gasteiger partial charge >= 0.3 is 0 Å². The number of alkyl halides is 1. The molecular weight excluding hydrogens is 234 g/mol. The zero-order chi connectivity index (χ0) is 12.8. The molecule has 0 aliphatic carbocycles. The van der Waals surface area contributed by atoms with Crippen molar-refractivity contribution < 1.29 is 4.79 Å². The van der Waals surface area contributed by atoms with Crippen LogP contribution in [-0.2, 0) is 4.79 Å². The van der Waals surface area contributed by atoms with Gasteiger partial charge in [-0.25, -0.2) is 0 Å². The van der Waals surface area contributed by atoms with Crippen molar-refractivity contribution in [2.75, 3.05) is 6.54 Å². The van der Waals surface area contributed by atoms with Crippen LogP contribution in [0.2, 0.25) is 0 Å². The number of carbonyl (C=O) groups excluding carboxylic acids is 1. The zero-order valence-electron chi connectivity index (χ0n) is 10.3. The van der Waals surface area contributed by atoms with E-state index in [1.807, 2.05) is 44.2 Å². The van der Waals surface area contributed by atoms with Crippen LogP contribution in [-0.4, -0.2) is 23.4 Å². The van der Waals surface area contributed by atoms with Crippen LogP contribution >= 0.6 is 11.6 Å². The molecule has 0 fully saturated rings. The minimum atomic E-state index is -0.626. The fourth-order valence-corrected chi connectivity index (χ4v) is 1.88. The number of benzene rings is 1. The van der Waals surface area contributed by atoms with Gasteiger partial charge < -0.3 is 4.90 Å². The van der Waals surface area contributed by atoms with E-state index in [1.54, 1.807) is 11.0 Å². The van der Waals surface area contributed by atoms with Gasteiger partial charge in [0.15, 0.2) is 0 Å². The van der Waals surface area contributed by atoms with Crippen LogP contribution in [0.5, 0.6) is 0 Å². The van der Waals surface area contributed by atoms with E-state index >= 15 is 0 Å². The summed E-state index contributed by atoms with van der Waals surface area (Å²) in [5, 5.41) is -0.626. The maximum atomic E-state index is 12.2. The lowest BCUT2D eigenvalue weighted by Gasteiger charge is -2.27. The van der Waals surface area contributed by atoms with Crippen LogP contribution in [0.15, 0.2) is 43.0 Å². The Morgan fingerprint density at radius 2 is 2.00 bits per heavy atom. The summed E-state index contributed by atoms with van der Waals surface area (Å²) in [5.41, 5.74) is 0.828. The SMILES string of the molecule is C=CCN(C(=O)C(Cl)c1ccccc1)C(C)C. The van der Waals surface area contributed by atoms with E-state index in [-0.39, 0.29) is 11.9 Å². The number of halogens is 1. The smallest absolute Gasteiger partial charge is 0.245 e. The zero-order valence-corrected chi connectivity index (χ0v) is 11.0. The number of amides is 1. The number of carbonyl (C=O) groups is 1. The molecule has 17 heavy (non-hydrogen) atoms. The van der Waals surface area contributed by atoms with Crippen molar-refractivity contribution in [3.05, 3.63) is 48.6 Å². The average molecular weight is 252 g/mol. The predicted octanol–water partition coefficient (Wildman–Crippen LogP) is 3.39. The van der Waals surface area contributed by atoms with Crippen LogP contribution in [0.25, 0.3) is 0 Å². The summed E-state index contributed by atoms with van der Waals surface area (Å²) in [6.45, 7) is 8.12. The van der Waals surface area contributed by atoms with Crippen molar-refractivity contribution in [3.63, 3.8) is 0 Å². The van der Waals surface area contributed by atoms with Crippen molar-refractivity contribution in [1.29, 1.82) is 0 Å². The second-order valence-electron chi connectivity index (χ2n) is 4.15. The third kappa shape index (κ3) is 3.60. The maximum Gasteiger partial charge on any atom is 0.245 e. The van der Waals surface area contributed by atoms with Crippen molar-refractivity contribution >= 4 is 17.5 Å². The highest BCUT2D eigenvalue weighted by Crippen LogP contribution is 2.23. The second-order valence-corrected chi connectivity index (χ2v) is 4.58. The molecule has 0 bridgehead atoms. The summed E-state index contributed by atoms with van der Waals surface area (Å²) in [4.78, 5) is 13.9. The lowest BCUT2D eigenvalue weighted by Crippen LogP contribution is -2.39. The molecule has 0 aromatic heterocycles. The highest BCUT2D eigenvalue weighted by Gasteiger charge is 2.24. The van der Waals surface area contributed by atoms with Crippen LogP contribution in [0, 0.1) is 0 Å². The molecule has 2 nitrogen and oxygen atoms in total. The predicted molar refractivity (Wildman–Crippen MR) is 72.1 cm³/mol. The largest absolute Gasteiger partial charge is 0.335 e. The molecule has 0 N–H and O–H groups in total. The summed E-state index contributed by atoms with van der Waals surface area (Å²) in [6.07, 6.45) is 1.71. The van der Waals surface area contributed by atoms with E-state index in [1.165, 1.54) is 0 Å². The Hall–Kier alpha value is -1.28. The Labute approximate surface area is 108 Å². The molecule has 1 unspecified atom stereocenters. The van der Waals surface area contributed by atoms with E-state index in [4.69, 9.17) is 11.6 Å². The van der Waals surface area contributed by atoms with Crippen molar-refractivity contribution in [1.82, 2.24) is 4.90 Å². The third-order valence-corrected chi connectivity index (χ3v) is 2.98. The van der Waals surface area contributed by atoms with E-state index < -0.39 is 5.38 Å². The first-order valence-electron chi connectivity index (χ1n) is 5.68. The quantitative estimate of drug-likeness (QED) is 0.580. The molecule has 1 amide bonds. The molecule has 0 radical (unpaired) electrons. The fraction of sp³-hybridized carbons (Fsp3) is 0.357. The molecule has 1 atom stereocenters. The van der Waals surface area contributed by atoms with E-state index in [0.29, 0.717) is 6.54 Å². The molecule has 0 saturated heterocycles. The van der Waals surface area contributed by atoms with Gasteiger partial charge in [-0.1, -0.05) is 36.4 Å². The average Bonchev–Trinajstić information content (AvgIpc) is 2.35. The number of hydrogen-bond acceptors (Lipinski definition) is 1. The van der Waals surface area contributed by atoms with Crippen LogP contribution < -0.4 is 0 Å². The Balaban J connectivity index is 2.84. The lowest BCUT2D eigenvalue weighted by molar-refractivity contribution is -0.132. The Morgan fingerprint density at radius 3 is 2.47 bits per heavy atom. The highest BCUT2D eigenvalue weighted by molar-refractivity contribution is 6.30. The fourth-order valence-electron chi connectivity index (χ4n) is 1.60. The standard InChI is InChI=1S/C14H18ClNO/c1-4-10-16(11(2)3)14(17)13(15)12-8-6-5-7-9-12/h4-9,11,13H,1,10H2,2-3H3. The van der Waals surface area contributed by atoms with Crippen LogP contribution in [0.4, 0.5) is 0 Å². The van der Waals surface area contributed by atoms with E-state index in [9.17, 15) is 4.79 Å². The first-order chi connectivity index (χ1) is 8.07. The Morgan fingerprint density at radius 1 is 1.41 bits per heavy atom. The monoisotopic (exact) mass is 251 g/mol. The first-order valence-corrected chi connectivity index (χ1v) is 6.12. The number of hydrogen-bond donors (Lipinski definition) is 0. The van der Waals surface area contributed by atoms with Crippen LogP contribution in [0.3, 0.4) is 0 Å². The topological polar surface area (TPSA) is 20.3 Å². The van der Waals surface area contributed by atoms with Gasteiger partial charge in [0, 0.05) is 12.6 Å². The van der Waals surface area contributed by atoms with Gasteiger partial charge in [-0.3, -0.25) is 4.79 Å². The van der Waals surface area contributed by atoms with Gasteiger partial charge in [0.05, 0.1) is 0 Å². The molecule has 92 valence electrons. The second kappa shape index (κ2) is 6.45. The van der Waals surface area contributed by atoms with Gasteiger partial charge in [0.1, 0.15) is 5.38 Å². The van der Waals surface area contributed by atoms with E-state index in [0.717, 1.165) is 5.56 Å². The van der Waals surface area contributed by atoms with Gasteiger partial charge in [0.2, 0.25) is 5.91 Å². The highest BCUT2D eigenvalue weighted by atomic mass is 35.5. The number of rotatable bonds is 5. The molecule has 0 aliphatic heterocycles.